The minimum absolute atomic E-state index is 0.189. The lowest BCUT2D eigenvalue weighted by atomic mass is 10.1. The summed E-state index contributed by atoms with van der Waals surface area (Å²) in [6.07, 6.45) is 2.48. The van der Waals surface area contributed by atoms with Crippen molar-refractivity contribution in [3.05, 3.63) is 63.4 Å². The van der Waals surface area contributed by atoms with Crippen LogP contribution in [0.15, 0.2) is 52.2 Å². The quantitative estimate of drug-likeness (QED) is 0.430. The minimum Gasteiger partial charge on any atom is -0.494 e. The molecule has 9 heteroatoms. The molecule has 0 aliphatic heterocycles. The summed E-state index contributed by atoms with van der Waals surface area (Å²) in [7, 11) is 0. The van der Waals surface area contributed by atoms with Crippen LogP contribution in [0.5, 0.6) is 5.75 Å². The Balaban J connectivity index is 1.87. The average Bonchev–Trinajstić information content (AvgIpc) is 3.18. The molecule has 33 heavy (non-hydrogen) atoms. The Hall–Kier alpha value is -3.46. The van der Waals surface area contributed by atoms with Crippen molar-refractivity contribution >= 4 is 37.7 Å². The summed E-state index contributed by atoms with van der Waals surface area (Å²) >= 11 is 1.22. The van der Waals surface area contributed by atoms with Crippen molar-refractivity contribution < 1.29 is 9.53 Å². The second-order valence-corrected chi connectivity index (χ2v) is 9.10. The molecule has 0 spiro atoms. The zero-order valence-electron chi connectivity index (χ0n) is 18.8. The fourth-order valence-electron chi connectivity index (χ4n) is 3.67. The molecule has 4 aromatic rings. The summed E-state index contributed by atoms with van der Waals surface area (Å²) in [5, 5.41) is 3.56. The highest BCUT2D eigenvalue weighted by atomic mass is 32.1. The van der Waals surface area contributed by atoms with E-state index in [0.29, 0.717) is 50.9 Å². The molecule has 8 nitrogen and oxygen atoms in total. The van der Waals surface area contributed by atoms with Gasteiger partial charge in [0.05, 0.1) is 17.8 Å². The number of thiophene rings is 1. The maximum absolute atomic E-state index is 13.6. The van der Waals surface area contributed by atoms with E-state index in [2.05, 4.69) is 24.1 Å². The molecule has 1 amide bonds. The SMILES string of the molecule is CCOc1ccc(-n2c(=O)c3sc4ncccc4c3n(CC(=O)NCCC(C)C)c2=O)cc1. The van der Waals surface area contributed by atoms with Gasteiger partial charge in [-0.25, -0.2) is 14.3 Å². The molecule has 172 valence electrons. The zero-order chi connectivity index (χ0) is 23.5. The predicted molar refractivity (Wildman–Crippen MR) is 131 cm³/mol. The Labute approximate surface area is 194 Å². The highest BCUT2D eigenvalue weighted by Gasteiger charge is 2.21. The first-order valence-corrected chi connectivity index (χ1v) is 11.7. The third-order valence-corrected chi connectivity index (χ3v) is 6.37. The maximum atomic E-state index is 13.6. The van der Waals surface area contributed by atoms with Crippen LogP contribution in [0.2, 0.25) is 0 Å². The van der Waals surface area contributed by atoms with Crippen molar-refractivity contribution in [2.24, 2.45) is 5.92 Å². The molecule has 3 aromatic heterocycles. The van der Waals surface area contributed by atoms with Gasteiger partial charge >= 0.3 is 5.69 Å². The summed E-state index contributed by atoms with van der Waals surface area (Å²) in [4.78, 5) is 44.7. The molecule has 0 bridgehead atoms. The van der Waals surface area contributed by atoms with Crippen molar-refractivity contribution in [1.82, 2.24) is 19.4 Å². The number of fused-ring (bicyclic) bond motifs is 3. The molecule has 0 aliphatic carbocycles. The summed E-state index contributed by atoms with van der Waals surface area (Å²) < 4.78 is 8.33. The van der Waals surface area contributed by atoms with Crippen LogP contribution < -0.4 is 21.3 Å². The second-order valence-electron chi connectivity index (χ2n) is 8.10. The highest BCUT2D eigenvalue weighted by Crippen LogP contribution is 2.29. The van der Waals surface area contributed by atoms with Crippen LogP contribution in [0.1, 0.15) is 27.2 Å². The third-order valence-electron chi connectivity index (χ3n) is 5.28. The van der Waals surface area contributed by atoms with Gasteiger partial charge in [-0.2, -0.15) is 0 Å². The number of hydrogen-bond donors (Lipinski definition) is 1. The molecule has 0 unspecified atom stereocenters. The van der Waals surface area contributed by atoms with Gasteiger partial charge in [0.15, 0.2) is 0 Å². The van der Waals surface area contributed by atoms with Gasteiger partial charge in [-0.15, -0.1) is 11.3 Å². The van der Waals surface area contributed by atoms with Crippen molar-refractivity contribution in [3.63, 3.8) is 0 Å². The van der Waals surface area contributed by atoms with Crippen LogP contribution in [0, 0.1) is 5.92 Å². The Bertz CT molecular complexity index is 1420. The van der Waals surface area contributed by atoms with Gasteiger partial charge in [0, 0.05) is 18.1 Å². The third kappa shape index (κ3) is 4.54. The minimum atomic E-state index is -0.570. The molecular weight excluding hydrogens is 440 g/mol. The van der Waals surface area contributed by atoms with Crippen molar-refractivity contribution in [2.75, 3.05) is 13.2 Å². The molecule has 4 rings (SSSR count). The molecule has 0 atom stereocenters. The number of nitrogens with zero attached hydrogens (tertiary/aromatic N) is 3. The summed E-state index contributed by atoms with van der Waals surface area (Å²) in [6.45, 7) is 6.89. The largest absolute Gasteiger partial charge is 0.494 e. The number of aromatic nitrogens is 3. The lowest BCUT2D eigenvalue weighted by molar-refractivity contribution is -0.121. The topological polar surface area (TPSA) is 95.2 Å². The van der Waals surface area contributed by atoms with Crippen LogP contribution in [0.4, 0.5) is 0 Å². The van der Waals surface area contributed by atoms with Crippen molar-refractivity contribution in [2.45, 2.75) is 33.7 Å². The van der Waals surface area contributed by atoms with Crippen LogP contribution in [0.3, 0.4) is 0 Å². The number of pyridine rings is 1. The van der Waals surface area contributed by atoms with Crippen LogP contribution in [0.25, 0.3) is 26.1 Å². The standard InChI is InChI=1S/C24H26N4O4S/c1-4-32-17-9-7-16(8-10-17)28-23(30)21-20(18-6-5-12-26-22(18)33-21)27(24(28)31)14-19(29)25-13-11-15(2)3/h5-10,12,15H,4,11,13-14H2,1-3H3,(H,25,29). The molecule has 3 heterocycles. The Morgan fingerprint density at radius 1 is 1.18 bits per heavy atom. The van der Waals surface area contributed by atoms with E-state index in [1.807, 2.05) is 13.0 Å². The number of hydrogen-bond acceptors (Lipinski definition) is 6. The van der Waals surface area contributed by atoms with Gasteiger partial charge in [-0.3, -0.25) is 14.2 Å². The first kappa shape index (κ1) is 22.7. The van der Waals surface area contributed by atoms with Crippen LogP contribution >= 0.6 is 11.3 Å². The van der Waals surface area contributed by atoms with Crippen molar-refractivity contribution in [3.8, 4) is 11.4 Å². The molecule has 1 N–H and O–H groups in total. The van der Waals surface area contributed by atoms with Gasteiger partial charge < -0.3 is 10.1 Å². The number of ether oxygens (including phenoxy) is 1. The number of carbonyl (C=O) groups is 1. The van der Waals surface area contributed by atoms with Gasteiger partial charge in [0.1, 0.15) is 21.8 Å². The maximum Gasteiger partial charge on any atom is 0.336 e. The predicted octanol–water partition coefficient (Wildman–Crippen LogP) is 3.32. The number of carbonyl (C=O) groups excluding carboxylic acids is 1. The molecule has 0 aliphatic rings. The van der Waals surface area contributed by atoms with E-state index in [1.54, 1.807) is 36.5 Å². The molecule has 0 saturated carbocycles. The Kier molecular flexibility index (Phi) is 6.60. The lowest BCUT2D eigenvalue weighted by Crippen LogP contribution is -2.41. The van der Waals surface area contributed by atoms with E-state index in [4.69, 9.17) is 4.74 Å². The van der Waals surface area contributed by atoms with Crippen LogP contribution in [-0.4, -0.2) is 33.2 Å². The van der Waals surface area contributed by atoms with Gasteiger partial charge in [-0.05, 0) is 55.7 Å². The van der Waals surface area contributed by atoms with Gasteiger partial charge in [0.2, 0.25) is 5.91 Å². The number of rotatable bonds is 8. The van der Waals surface area contributed by atoms with E-state index in [0.717, 1.165) is 11.0 Å². The fourth-order valence-corrected chi connectivity index (χ4v) is 4.75. The molecule has 0 saturated heterocycles. The first-order chi connectivity index (χ1) is 15.9. The monoisotopic (exact) mass is 466 g/mol. The van der Waals surface area contributed by atoms with E-state index in [-0.39, 0.29) is 12.5 Å². The normalized spacial score (nSPS) is 11.4. The zero-order valence-corrected chi connectivity index (χ0v) is 19.6. The summed E-state index contributed by atoms with van der Waals surface area (Å²) in [5.41, 5.74) is -0.146. The summed E-state index contributed by atoms with van der Waals surface area (Å²) in [5.74, 6) is 0.818. The molecule has 0 fully saturated rings. The molecule has 1 aromatic carbocycles. The fraction of sp³-hybridized carbons (Fsp3) is 0.333. The van der Waals surface area contributed by atoms with Gasteiger partial charge in [0.25, 0.3) is 5.56 Å². The van der Waals surface area contributed by atoms with Crippen LogP contribution in [-0.2, 0) is 11.3 Å². The Morgan fingerprint density at radius 2 is 1.94 bits per heavy atom. The number of nitrogens with one attached hydrogen (secondary N) is 1. The van der Waals surface area contributed by atoms with Gasteiger partial charge in [-0.1, -0.05) is 13.8 Å². The second kappa shape index (κ2) is 9.58. The number of amides is 1. The van der Waals surface area contributed by atoms with E-state index in [9.17, 15) is 14.4 Å². The average molecular weight is 467 g/mol. The molecule has 0 radical (unpaired) electrons. The Morgan fingerprint density at radius 3 is 2.64 bits per heavy atom. The molecular formula is C24H26N4O4S. The number of benzene rings is 1. The smallest absolute Gasteiger partial charge is 0.336 e. The lowest BCUT2D eigenvalue weighted by Gasteiger charge is -2.13. The van der Waals surface area contributed by atoms with E-state index in [1.165, 1.54) is 15.9 Å². The van der Waals surface area contributed by atoms with E-state index < -0.39 is 11.2 Å². The van der Waals surface area contributed by atoms with Crippen molar-refractivity contribution in [1.29, 1.82) is 0 Å². The first-order valence-electron chi connectivity index (χ1n) is 10.9. The van der Waals surface area contributed by atoms with E-state index >= 15 is 0 Å². The highest BCUT2D eigenvalue weighted by molar-refractivity contribution is 7.25. The summed E-state index contributed by atoms with van der Waals surface area (Å²) in [6, 6.07) is 10.3.